The van der Waals surface area contributed by atoms with Crippen LogP contribution in [0.5, 0.6) is 0 Å². The van der Waals surface area contributed by atoms with Crippen LogP contribution in [0.1, 0.15) is 62.0 Å². The zero-order chi connectivity index (χ0) is 18.6. The minimum atomic E-state index is -0.785. The van der Waals surface area contributed by atoms with Crippen LogP contribution in [0.25, 0.3) is 0 Å². The Kier molecular flexibility index (Phi) is 8.63. The normalized spacial score (nSPS) is 11.9. The van der Waals surface area contributed by atoms with Crippen molar-refractivity contribution in [2.24, 2.45) is 5.73 Å². The van der Waals surface area contributed by atoms with Gasteiger partial charge in [0, 0.05) is 18.3 Å². The minimum absolute atomic E-state index is 0.312. The fraction of sp³-hybridized carbons (Fsp3) is 0.429. The highest BCUT2D eigenvalue weighted by Gasteiger charge is 2.13. The molecule has 2 amide bonds. The van der Waals surface area contributed by atoms with E-state index in [2.05, 4.69) is 41.4 Å². The van der Waals surface area contributed by atoms with Crippen LogP contribution in [-0.2, 0) is 0 Å². The first-order chi connectivity index (χ1) is 12.7. The van der Waals surface area contributed by atoms with E-state index in [1.54, 1.807) is 0 Å². The number of hydroxylamine groups is 2. The van der Waals surface area contributed by atoms with Gasteiger partial charge >= 0.3 is 6.03 Å². The number of carbonyl (C=O) groups is 1. The summed E-state index contributed by atoms with van der Waals surface area (Å²) in [6, 6.07) is 14.0. The maximum Gasteiger partial charge on any atom is 0.338 e. The van der Waals surface area contributed by atoms with E-state index < -0.39 is 6.03 Å². The van der Waals surface area contributed by atoms with Gasteiger partial charge in [-0.1, -0.05) is 68.5 Å². The van der Waals surface area contributed by atoms with Crippen LogP contribution in [0.15, 0.2) is 54.9 Å². The van der Waals surface area contributed by atoms with Gasteiger partial charge in [-0.15, -0.1) is 0 Å². The van der Waals surface area contributed by atoms with Crippen LogP contribution < -0.4 is 5.73 Å². The summed E-state index contributed by atoms with van der Waals surface area (Å²) in [6.07, 6.45) is 11.3. The van der Waals surface area contributed by atoms with Gasteiger partial charge < -0.3 is 5.73 Å². The fourth-order valence-electron chi connectivity index (χ4n) is 3.22. The molecule has 0 spiro atoms. The quantitative estimate of drug-likeness (QED) is 0.348. The van der Waals surface area contributed by atoms with Crippen molar-refractivity contribution in [2.75, 3.05) is 6.54 Å². The van der Waals surface area contributed by atoms with Crippen LogP contribution >= 0.6 is 0 Å². The van der Waals surface area contributed by atoms with Gasteiger partial charge in [-0.25, -0.2) is 9.86 Å². The first kappa shape index (κ1) is 19.9. The van der Waals surface area contributed by atoms with Gasteiger partial charge in [0.2, 0.25) is 0 Å². The molecule has 2 rings (SSSR count). The van der Waals surface area contributed by atoms with Crippen LogP contribution in [0.4, 0.5) is 4.79 Å². The number of hydrogen-bond acceptors (Lipinski definition) is 3. The van der Waals surface area contributed by atoms with Crippen molar-refractivity contribution >= 4 is 6.03 Å². The first-order valence-corrected chi connectivity index (χ1v) is 9.39. The van der Waals surface area contributed by atoms with Crippen LogP contribution in [0.3, 0.4) is 0 Å². The van der Waals surface area contributed by atoms with Gasteiger partial charge in [-0.2, -0.15) is 0 Å². The molecule has 1 atom stereocenters. The Labute approximate surface area is 155 Å². The van der Waals surface area contributed by atoms with E-state index in [0.29, 0.717) is 17.5 Å². The van der Waals surface area contributed by atoms with Crippen molar-refractivity contribution in [1.29, 1.82) is 0 Å². The summed E-state index contributed by atoms with van der Waals surface area (Å²) >= 11 is 0. The van der Waals surface area contributed by atoms with Gasteiger partial charge in [-0.05, 0) is 30.0 Å². The summed E-state index contributed by atoms with van der Waals surface area (Å²) < 4.78 is 0. The number of primary amides is 1. The van der Waals surface area contributed by atoms with Crippen molar-refractivity contribution in [1.82, 2.24) is 10.0 Å². The molecule has 0 aliphatic heterocycles. The highest BCUT2D eigenvalue weighted by molar-refractivity contribution is 5.70. The fourth-order valence-corrected chi connectivity index (χ4v) is 3.22. The molecule has 2 aromatic rings. The Morgan fingerprint density at radius 3 is 2.27 bits per heavy atom. The highest BCUT2D eigenvalue weighted by atomic mass is 16.5. The third-order valence-corrected chi connectivity index (χ3v) is 4.66. The summed E-state index contributed by atoms with van der Waals surface area (Å²) in [6.45, 7) is 0.312. The smallest absolute Gasteiger partial charge is 0.338 e. The van der Waals surface area contributed by atoms with E-state index in [1.165, 1.54) is 24.0 Å². The maximum absolute atomic E-state index is 10.7. The van der Waals surface area contributed by atoms with Gasteiger partial charge in [0.1, 0.15) is 0 Å². The van der Waals surface area contributed by atoms with Gasteiger partial charge in [0.15, 0.2) is 0 Å². The Morgan fingerprint density at radius 1 is 0.962 bits per heavy atom. The third-order valence-electron chi connectivity index (χ3n) is 4.66. The predicted octanol–water partition coefficient (Wildman–Crippen LogP) is 4.71. The van der Waals surface area contributed by atoms with Crippen LogP contribution in [-0.4, -0.2) is 27.8 Å². The second-order valence-corrected chi connectivity index (χ2v) is 6.62. The third kappa shape index (κ3) is 6.84. The Morgan fingerprint density at radius 2 is 1.62 bits per heavy atom. The summed E-state index contributed by atoms with van der Waals surface area (Å²) in [7, 11) is 0. The molecule has 26 heavy (non-hydrogen) atoms. The lowest BCUT2D eigenvalue weighted by atomic mass is 9.87. The number of rotatable bonds is 11. The summed E-state index contributed by atoms with van der Waals surface area (Å²) in [5.41, 5.74) is 7.59. The van der Waals surface area contributed by atoms with E-state index in [4.69, 9.17) is 5.73 Å². The lowest BCUT2D eigenvalue weighted by Crippen LogP contribution is -2.33. The monoisotopic (exact) mass is 355 g/mol. The lowest BCUT2D eigenvalue weighted by molar-refractivity contribution is -0.0403. The van der Waals surface area contributed by atoms with Crippen molar-refractivity contribution in [3.05, 3.63) is 66.0 Å². The summed E-state index contributed by atoms with van der Waals surface area (Å²) in [5.74, 6) is 0.392. The zero-order valence-electron chi connectivity index (χ0n) is 15.3. The predicted molar refractivity (Wildman–Crippen MR) is 103 cm³/mol. The standard InChI is InChI=1S/C21H29N3O2/c22-21(25)24(26)16-9-4-2-1-3-8-14-20(18-11-6-5-7-12-18)19-13-10-15-23-17-19/h5-7,10-13,15,17,20,26H,1-4,8-9,14,16H2,(H2,22,25). The Hall–Kier alpha value is -2.40. The largest absolute Gasteiger partial charge is 0.350 e. The molecule has 5 nitrogen and oxygen atoms in total. The van der Waals surface area contributed by atoms with E-state index >= 15 is 0 Å². The molecule has 1 heterocycles. The van der Waals surface area contributed by atoms with Crippen molar-refractivity contribution < 1.29 is 10.0 Å². The van der Waals surface area contributed by atoms with Gasteiger partial charge in [-0.3, -0.25) is 10.2 Å². The number of urea groups is 1. The van der Waals surface area contributed by atoms with Crippen LogP contribution in [0.2, 0.25) is 0 Å². The number of amides is 2. The van der Waals surface area contributed by atoms with Gasteiger partial charge in [0.25, 0.3) is 0 Å². The molecular weight excluding hydrogens is 326 g/mol. The molecule has 0 fully saturated rings. The SMILES string of the molecule is NC(=O)N(O)CCCCCCCCC(c1ccccc1)c1cccnc1. The molecule has 1 aromatic heterocycles. The van der Waals surface area contributed by atoms with Crippen molar-refractivity contribution in [3.63, 3.8) is 0 Å². The molecule has 0 saturated carbocycles. The Balaban J connectivity index is 1.71. The van der Waals surface area contributed by atoms with E-state index in [-0.39, 0.29) is 0 Å². The maximum atomic E-state index is 10.7. The molecule has 1 aromatic carbocycles. The molecule has 0 saturated heterocycles. The average molecular weight is 355 g/mol. The average Bonchev–Trinajstić information content (AvgIpc) is 2.68. The molecule has 0 radical (unpaired) electrons. The number of unbranched alkanes of at least 4 members (excludes halogenated alkanes) is 5. The first-order valence-electron chi connectivity index (χ1n) is 9.39. The number of nitrogens with two attached hydrogens (primary N) is 1. The van der Waals surface area contributed by atoms with Crippen molar-refractivity contribution in [3.8, 4) is 0 Å². The molecule has 0 aliphatic carbocycles. The second kappa shape index (κ2) is 11.3. The molecule has 0 bridgehead atoms. The van der Waals surface area contributed by atoms with E-state index in [0.717, 1.165) is 32.1 Å². The highest BCUT2D eigenvalue weighted by Crippen LogP contribution is 2.29. The summed E-state index contributed by atoms with van der Waals surface area (Å²) in [4.78, 5) is 15.0. The number of hydrogen-bond donors (Lipinski definition) is 2. The molecule has 0 aliphatic rings. The number of benzene rings is 1. The van der Waals surface area contributed by atoms with Crippen molar-refractivity contribution in [2.45, 2.75) is 50.9 Å². The lowest BCUT2D eigenvalue weighted by Gasteiger charge is -2.17. The second-order valence-electron chi connectivity index (χ2n) is 6.62. The topological polar surface area (TPSA) is 79.5 Å². The number of pyridine rings is 1. The summed E-state index contributed by atoms with van der Waals surface area (Å²) in [5, 5.41) is 9.78. The molecular formula is C21H29N3O2. The Bertz CT molecular complexity index is 595. The molecule has 1 unspecified atom stereocenters. The number of carbonyl (C=O) groups excluding carboxylic acids is 1. The zero-order valence-corrected chi connectivity index (χ0v) is 15.3. The molecule has 5 heteroatoms. The molecule has 140 valence electrons. The number of nitrogens with zero attached hydrogens (tertiary/aromatic N) is 2. The molecule has 3 N–H and O–H groups in total. The minimum Gasteiger partial charge on any atom is -0.350 e. The van der Waals surface area contributed by atoms with Gasteiger partial charge in [0.05, 0.1) is 6.54 Å². The van der Waals surface area contributed by atoms with Crippen LogP contribution in [0, 0.1) is 0 Å². The van der Waals surface area contributed by atoms with E-state index in [9.17, 15) is 10.0 Å². The van der Waals surface area contributed by atoms with E-state index in [1.807, 2.05) is 18.5 Å². The number of aromatic nitrogens is 1.